The van der Waals surface area contributed by atoms with Crippen LogP contribution in [-0.2, 0) is 22.6 Å². The summed E-state index contributed by atoms with van der Waals surface area (Å²) in [7, 11) is 2.12. The van der Waals surface area contributed by atoms with Crippen molar-refractivity contribution in [3.63, 3.8) is 0 Å². The molecule has 0 aliphatic carbocycles. The number of amides is 2. The Labute approximate surface area is 178 Å². The molecular weight excluding hydrogens is 392 g/mol. The topological polar surface area (TPSA) is 80.4 Å². The Hall–Kier alpha value is -3.71. The molecular formula is C24H20N4O3. The van der Waals surface area contributed by atoms with Gasteiger partial charge < -0.3 is 13.9 Å². The molecule has 7 nitrogen and oxygen atoms in total. The molecule has 0 unspecified atom stereocenters. The highest BCUT2D eigenvalue weighted by atomic mass is 16.3. The summed E-state index contributed by atoms with van der Waals surface area (Å²) < 4.78 is 7.85. The fourth-order valence-corrected chi connectivity index (χ4v) is 4.75. The molecule has 6 rings (SSSR count). The summed E-state index contributed by atoms with van der Waals surface area (Å²) in [6, 6.07) is 7.99. The van der Waals surface area contributed by atoms with Gasteiger partial charge in [0.2, 0.25) is 0 Å². The maximum Gasteiger partial charge on any atom is 0.259 e. The lowest BCUT2D eigenvalue weighted by Gasteiger charge is -2.21. The smallest absolute Gasteiger partial charge is 0.259 e. The standard InChI is InChI=1S/C24H20N4O3/c1-27-7-5-14-3-2-4-16-18(13-28(9-8-27)21(14)16)20-19(23(29)26-24(20)30)17-12-25-11-15-6-10-31-22(15)17/h2-4,6,10-13H,5,7-9H2,1H3,(H,26,29,30). The van der Waals surface area contributed by atoms with Gasteiger partial charge in [-0.1, -0.05) is 18.2 Å². The van der Waals surface area contributed by atoms with Crippen LogP contribution >= 0.6 is 0 Å². The number of hydrogen-bond donors (Lipinski definition) is 1. The Morgan fingerprint density at radius 2 is 1.84 bits per heavy atom. The first-order valence-corrected chi connectivity index (χ1v) is 10.3. The lowest BCUT2D eigenvalue weighted by molar-refractivity contribution is -0.122. The van der Waals surface area contributed by atoms with E-state index in [0.29, 0.717) is 22.3 Å². The summed E-state index contributed by atoms with van der Waals surface area (Å²) in [5.41, 5.74) is 4.93. The molecule has 0 bridgehead atoms. The number of para-hydroxylation sites is 1. The minimum absolute atomic E-state index is 0.314. The van der Waals surface area contributed by atoms with E-state index >= 15 is 0 Å². The molecule has 31 heavy (non-hydrogen) atoms. The molecule has 3 aromatic heterocycles. The molecule has 0 atom stereocenters. The second kappa shape index (κ2) is 6.65. The Morgan fingerprint density at radius 3 is 2.71 bits per heavy atom. The first-order valence-electron chi connectivity index (χ1n) is 10.3. The molecule has 4 aromatic rings. The zero-order chi connectivity index (χ0) is 21.1. The van der Waals surface area contributed by atoms with Crippen molar-refractivity contribution in [2.24, 2.45) is 0 Å². The monoisotopic (exact) mass is 412 g/mol. The van der Waals surface area contributed by atoms with Crippen LogP contribution in [0.4, 0.5) is 0 Å². The molecule has 0 spiro atoms. The summed E-state index contributed by atoms with van der Waals surface area (Å²) in [5.74, 6) is -0.813. The van der Waals surface area contributed by atoms with E-state index in [1.54, 1.807) is 24.7 Å². The van der Waals surface area contributed by atoms with Crippen LogP contribution in [0.5, 0.6) is 0 Å². The van der Waals surface area contributed by atoms with Crippen molar-refractivity contribution >= 4 is 44.8 Å². The number of furan rings is 1. The number of nitrogens with one attached hydrogen (secondary N) is 1. The van der Waals surface area contributed by atoms with Crippen molar-refractivity contribution in [2.45, 2.75) is 13.0 Å². The van der Waals surface area contributed by atoms with Gasteiger partial charge in [0.1, 0.15) is 5.58 Å². The molecule has 0 saturated carbocycles. The second-order valence-corrected chi connectivity index (χ2v) is 8.16. The molecule has 2 aliphatic heterocycles. The van der Waals surface area contributed by atoms with E-state index < -0.39 is 5.91 Å². The Kier molecular flexibility index (Phi) is 3.88. The SMILES string of the molecule is CN1CCc2cccc3c(C4=C(c5cncc6ccoc56)C(=O)NC4=O)cn(c23)CC1. The fourth-order valence-electron chi connectivity index (χ4n) is 4.75. The van der Waals surface area contributed by atoms with Gasteiger partial charge in [0.05, 0.1) is 22.9 Å². The van der Waals surface area contributed by atoms with Gasteiger partial charge in [-0.05, 0) is 25.1 Å². The predicted molar refractivity (Wildman–Crippen MR) is 117 cm³/mol. The van der Waals surface area contributed by atoms with Crippen LogP contribution in [0.15, 0.2) is 53.5 Å². The van der Waals surface area contributed by atoms with Gasteiger partial charge in [-0.25, -0.2) is 0 Å². The number of fused-ring (bicyclic) bond motifs is 1. The number of hydrogen-bond acceptors (Lipinski definition) is 5. The molecule has 2 aliphatic rings. The third kappa shape index (κ3) is 2.67. The zero-order valence-corrected chi connectivity index (χ0v) is 17.0. The summed E-state index contributed by atoms with van der Waals surface area (Å²) >= 11 is 0. The van der Waals surface area contributed by atoms with E-state index in [1.165, 1.54) is 5.56 Å². The third-order valence-electron chi connectivity index (χ3n) is 6.29. The summed E-state index contributed by atoms with van der Waals surface area (Å²) in [5, 5.41) is 4.26. The van der Waals surface area contributed by atoms with E-state index in [1.807, 2.05) is 18.3 Å². The largest absolute Gasteiger partial charge is 0.464 e. The van der Waals surface area contributed by atoms with Crippen LogP contribution in [0.1, 0.15) is 16.7 Å². The lowest BCUT2D eigenvalue weighted by atomic mass is 9.95. The molecule has 1 N–H and O–H groups in total. The highest BCUT2D eigenvalue weighted by Crippen LogP contribution is 2.39. The van der Waals surface area contributed by atoms with Crippen LogP contribution in [0, 0.1) is 0 Å². The minimum atomic E-state index is -0.424. The van der Waals surface area contributed by atoms with Gasteiger partial charge in [0, 0.05) is 60.1 Å². The average Bonchev–Trinajstić information content (AvgIpc) is 3.44. The normalized spacial score (nSPS) is 17.5. The van der Waals surface area contributed by atoms with Gasteiger partial charge in [-0.3, -0.25) is 19.9 Å². The molecule has 0 fully saturated rings. The average molecular weight is 412 g/mol. The van der Waals surface area contributed by atoms with Crippen molar-refractivity contribution in [3.05, 3.63) is 65.8 Å². The Bertz CT molecular complexity index is 1430. The molecule has 0 saturated heterocycles. The third-order valence-corrected chi connectivity index (χ3v) is 6.29. The van der Waals surface area contributed by atoms with Gasteiger partial charge in [0.25, 0.3) is 11.8 Å². The number of likely N-dealkylation sites (N-methyl/N-ethyl adjacent to an activating group) is 1. The molecule has 2 amide bonds. The van der Waals surface area contributed by atoms with Crippen LogP contribution in [0.3, 0.4) is 0 Å². The second-order valence-electron chi connectivity index (χ2n) is 8.16. The molecule has 5 heterocycles. The first-order chi connectivity index (χ1) is 15.1. The van der Waals surface area contributed by atoms with Crippen LogP contribution in [-0.4, -0.2) is 46.4 Å². The number of pyridine rings is 1. The molecule has 0 radical (unpaired) electrons. The first kappa shape index (κ1) is 18.1. The summed E-state index contributed by atoms with van der Waals surface area (Å²) in [6.07, 6.45) is 7.78. The van der Waals surface area contributed by atoms with Gasteiger partial charge in [-0.2, -0.15) is 0 Å². The van der Waals surface area contributed by atoms with Crippen molar-refractivity contribution in [3.8, 4) is 0 Å². The number of carbonyl (C=O) groups excluding carboxylic acids is 2. The van der Waals surface area contributed by atoms with E-state index in [2.05, 4.69) is 32.9 Å². The zero-order valence-electron chi connectivity index (χ0n) is 17.0. The minimum Gasteiger partial charge on any atom is -0.464 e. The van der Waals surface area contributed by atoms with E-state index in [9.17, 15) is 9.59 Å². The summed E-state index contributed by atoms with van der Waals surface area (Å²) in [6.45, 7) is 2.72. The van der Waals surface area contributed by atoms with E-state index in [-0.39, 0.29) is 5.91 Å². The van der Waals surface area contributed by atoms with Crippen LogP contribution < -0.4 is 5.32 Å². The fraction of sp³-hybridized carbons (Fsp3) is 0.208. The highest BCUT2D eigenvalue weighted by molar-refractivity contribution is 6.50. The van der Waals surface area contributed by atoms with Crippen LogP contribution in [0.2, 0.25) is 0 Å². The predicted octanol–water partition coefficient (Wildman–Crippen LogP) is 2.84. The van der Waals surface area contributed by atoms with Crippen LogP contribution in [0.25, 0.3) is 33.0 Å². The van der Waals surface area contributed by atoms with Crippen molar-refractivity contribution in [2.75, 3.05) is 20.1 Å². The van der Waals surface area contributed by atoms with Gasteiger partial charge in [0.15, 0.2) is 0 Å². The van der Waals surface area contributed by atoms with Gasteiger partial charge in [-0.15, -0.1) is 0 Å². The number of carbonyl (C=O) groups is 2. The maximum absolute atomic E-state index is 13.0. The number of benzene rings is 1. The number of nitrogens with zero attached hydrogens (tertiary/aromatic N) is 3. The molecule has 154 valence electrons. The molecule has 1 aromatic carbocycles. The lowest BCUT2D eigenvalue weighted by Crippen LogP contribution is -2.27. The Morgan fingerprint density at radius 1 is 1.00 bits per heavy atom. The number of rotatable bonds is 2. The van der Waals surface area contributed by atoms with Crippen molar-refractivity contribution < 1.29 is 14.0 Å². The highest BCUT2D eigenvalue weighted by Gasteiger charge is 2.35. The number of aromatic nitrogens is 2. The summed E-state index contributed by atoms with van der Waals surface area (Å²) in [4.78, 5) is 32.5. The maximum atomic E-state index is 13.0. The van der Waals surface area contributed by atoms with Crippen molar-refractivity contribution in [1.29, 1.82) is 0 Å². The molecule has 7 heteroatoms. The van der Waals surface area contributed by atoms with E-state index in [0.717, 1.165) is 47.9 Å². The van der Waals surface area contributed by atoms with Crippen molar-refractivity contribution in [1.82, 2.24) is 19.8 Å². The Balaban J connectivity index is 1.65. The van der Waals surface area contributed by atoms with E-state index in [4.69, 9.17) is 4.42 Å². The number of imide groups is 1. The van der Waals surface area contributed by atoms with Gasteiger partial charge >= 0.3 is 0 Å². The quantitative estimate of drug-likeness (QED) is 0.512.